The molecule has 162 valence electrons. The maximum absolute atomic E-state index is 12.8. The predicted octanol–water partition coefficient (Wildman–Crippen LogP) is -4.26. The number of carbonyl (C=O) groups excluding carboxylic acids is 4. The van der Waals surface area contributed by atoms with Crippen molar-refractivity contribution < 1.29 is 68.1 Å². The van der Waals surface area contributed by atoms with Crippen molar-refractivity contribution in [2.75, 3.05) is 32.6 Å². The van der Waals surface area contributed by atoms with Gasteiger partial charge in [-0.05, 0) is 12.1 Å². The first kappa shape index (κ1) is 25.5. The molecule has 2 aliphatic heterocycles. The van der Waals surface area contributed by atoms with E-state index in [-0.39, 0.29) is 48.5 Å². The molecule has 3 rings (SSSR count). The van der Waals surface area contributed by atoms with Crippen molar-refractivity contribution >= 4 is 35.5 Å². The number of methoxy groups -OCH3 is 1. The zero-order valence-corrected chi connectivity index (χ0v) is 20.2. The molecule has 1 aromatic rings. The molecule has 1 aromatic carbocycles. The smallest absolute Gasteiger partial charge is 0.549 e. The zero-order chi connectivity index (χ0) is 21.9. The summed E-state index contributed by atoms with van der Waals surface area (Å²) in [6, 6.07) is 8.71. The molecular formula is C19H21N2NaO8S. The molecule has 0 aliphatic carbocycles. The first-order chi connectivity index (χ1) is 14.2. The molecule has 1 N–H and O–H groups in total. The number of hydrogen-bond donors (Lipinski definition) is 1. The van der Waals surface area contributed by atoms with Gasteiger partial charge in [-0.25, -0.2) is 0 Å². The molecule has 3 atom stereocenters. The van der Waals surface area contributed by atoms with Crippen molar-refractivity contribution in [3.05, 3.63) is 30.3 Å². The summed E-state index contributed by atoms with van der Waals surface area (Å²) in [5.74, 6) is -2.70. The molecule has 31 heavy (non-hydrogen) atoms. The van der Waals surface area contributed by atoms with Gasteiger partial charge in [-0.3, -0.25) is 14.4 Å². The minimum Gasteiger partial charge on any atom is -0.549 e. The second-order valence-corrected chi connectivity index (χ2v) is 8.10. The Labute approximate surface area is 205 Å². The van der Waals surface area contributed by atoms with Crippen LogP contribution in [0, 0.1) is 5.41 Å². The van der Waals surface area contributed by atoms with Crippen molar-refractivity contribution in [2.24, 2.45) is 5.41 Å². The van der Waals surface area contributed by atoms with Crippen molar-refractivity contribution in [1.82, 2.24) is 10.2 Å². The Morgan fingerprint density at radius 2 is 1.97 bits per heavy atom. The number of nitrogens with zero attached hydrogens (tertiary/aromatic N) is 1. The van der Waals surface area contributed by atoms with E-state index in [1.165, 1.54) is 18.9 Å². The van der Waals surface area contributed by atoms with E-state index >= 15 is 0 Å². The molecule has 2 unspecified atom stereocenters. The number of carbonyl (C=O) groups is 4. The van der Waals surface area contributed by atoms with Gasteiger partial charge in [0.1, 0.15) is 17.7 Å². The summed E-state index contributed by atoms with van der Waals surface area (Å²) in [5.41, 5.74) is -3.16. The summed E-state index contributed by atoms with van der Waals surface area (Å²) in [4.78, 5) is 49.3. The minimum atomic E-state index is -1.62. The van der Waals surface area contributed by atoms with Gasteiger partial charge in [-0.1, -0.05) is 18.2 Å². The number of nitrogens with one attached hydrogen (secondary N) is 1. The van der Waals surface area contributed by atoms with Crippen molar-refractivity contribution in [3.63, 3.8) is 0 Å². The fourth-order valence-electron chi connectivity index (χ4n) is 3.32. The van der Waals surface area contributed by atoms with Crippen LogP contribution in [0.15, 0.2) is 30.3 Å². The van der Waals surface area contributed by atoms with E-state index in [1.807, 2.05) is 6.07 Å². The molecule has 0 radical (unpaired) electrons. The summed E-state index contributed by atoms with van der Waals surface area (Å²) in [7, 11) is 1.29. The number of rotatable bonds is 8. The number of para-hydroxylation sites is 1. The quantitative estimate of drug-likeness (QED) is 0.177. The first-order valence-corrected chi connectivity index (χ1v) is 10.1. The molecule has 0 aromatic heterocycles. The zero-order valence-electron chi connectivity index (χ0n) is 17.4. The Morgan fingerprint density at radius 3 is 2.55 bits per heavy atom. The second-order valence-electron chi connectivity index (χ2n) is 7.03. The van der Waals surface area contributed by atoms with Gasteiger partial charge in [0.15, 0.2) is 6.61 Å². The summed E-state index contributed by atoms with van der Waals surface area (Å²) in [5, 5.41) is 13.6. The number of hydrogen-bond acceptors (Lipinski definition) is 9. The van der Waals surface area contributed by atoms with Gasteiger partial charge < -0.3 is 34.3 Å². The van der Waals surface area contributed by atoms with Gasteiger partial charge in [0, 0.05) is 26.3 Å². The van der Waals surface area contributed by atoms with E-state index in [9.17, 15) is 24.3 Å². The van der Waals surface area contributed by atoms with Gasteiger partial charge in [-0.15, -0.1) is 11.8 Å². The Morgan fingerprint density at radius 1 is 1.29 bits per heavy atom. The number of thioether (sulfide) groups is 1. The largest absolute Gasteiger partial charge is 1.00 e. The van der Waals surface area contributed by atoms with E-state index in [4.69, 9.17) is 14.2 Å². The maximum atomic E-state index is 12.8. The average Bonchev–Trinajstić information content (AvgIpc) is 2.74. The van der Waals surface area contributed by atoms with Gasteiger partial charge >= 0.3 is 35.5 Å². The van der Waals surface area contributed by atoms with E-state index < -0.39 is 46.9 Å². The van der Waals surface area contributed by atoms with Crippen LogP contribution in [0.5, 0.6) is 5.75 Å². The predicted molar refractivity (Wildman–Crippen MR) is 102 cm³/mol. The monoisotopic (exact) mass is 460 g/mol. The van der Waals surface area contributed by atoms with E-state index in [1.54, 1.807) is 24.3 Å². The number of aliphatic carboxylic acids is 1. The third-order valence-electron chi connectivity index (χ3n) is 4.94. The number of fused-ring (bicyclic) bond motifs is 1. The summed E-state index contributed by atoms with van der Waals surface area (Å²) in [6.07, 6.45) is 0. The van der Waals surface area contributed by atoms with Crippen molar-refractivity contribution in [2.45, 2.75) is 18.0 Å². The molecule has 12 heteroatoms. The third-order valence-corrected chi connectivity index (χ3v) is 6.57. The molecule has 2 saturated heterocycles. The van der Waals surface area contributed by atoms with Crippen LogP contribution in [0.25, 0.3) is 0 Å². The topological polar surface area (TPSA) is 134 Å². The molecule has 0 spiro atoms. The Hall–Kier alpha value is -1.79. The first-order valence-electron chi connectivity index (χ1n) is 9.05. The molecule has 2 amide bonds. The molecule has 0 bridgehead atoms. The number of amides is 2. The molecule has 2 fully saturated rings. The summed E-state index contributed by atoms with van der Waals surface area (Å²) >= 11 is 1.10. The Balaban J connectivity index is 0.00000341. The van der Waals surface area contributed by atoms with Crippen LogP contribution in [0.3, 0.4) is 0 Å². The Kier molecular flexibility index (Phi) is 8.40. The second kappa shape index (κ2) is 10.2. The maximum Gasteiger partial charge on any atom is 1.00 e. The molecule has 2 aliphatic rings. The van der Waals surface area contributed by atoms with Gasteiger partial charge in [0.2, 0.25) is 0 Å². The fourth-order valence-corrected chi connectivity index (χ4v) is 4.93. The van der Waals surface area contributed by atoms with E-state index in [2.05, 4.69) is 5.32 Å². The molecule has 10 nitrogen and oxygen atoms in total. The number of benzene rings is 1. The van der Waals surface area contributed by atoms with E-state index in [0.29, 0.717) is 5.75 Å². The minimum absolute atomic E-state index is 0. The van der Waals surface area contributed by atoms with Crippen LogP contribution in [-0.4, -0.2) is 72.4 Å². The average molecular weight is 460 g/mol. The summed E-state index contributed by atoms with van der Waals surface area (Å²) in [6.45, 7) is 0.209. The Bertz CT molecular complexity index is 857. The van der Waals surface area contributed by atoms with Crippen molar-refractivity contribution in [1.29, 1.82) is 0 Å². The van der Waals surface area contributed by atoms with Crippen LogP contribution < -0.4 is 44.7 Å². The molecule has 0 saturated carbocycles. The van der Waals surface area contributed by atoms with Crippen LogP contribution in [0.4, 0.5) is 0 Å². The fraction of sp³-hybridized carbons (Fsp3) is 0.474. The van der Waals surface area contributed by atoms with Gasteiger partial charge in [-0.2, -0.15) is 0 Å². The van der Waals surface area contributed by atoms with E-state index in [0.717, 1.165) is 11.8 Å². The number of carboxylic acid groups (broad SMARTS) is 1. The van der Waals surface area contributed by atoms with Gasteiger partial charge in [0.05, 0.1) is 11.4 Å². The molecular weight excluding hydrogens is 439 g/mol. The van der Waals surface area contributed by atoms with Crippen LogP contribution in [0.1, 0.15) is 6.92 Å². The van der Waals surface area contributed by atoms with Gasteiger partial charge in [0.25, 0.3) is 17.5 Å². The van der Waals surface area contributed by atoms with Crippen LogP contribution in [-0.2, 0) is 28.7 Å². The summed E-state index contributed by atoms with van der Waals surface area (Å²) < 4.78 is 15.6. The third kappa shape index (κ3) is 5.01. The normalized spacial score (nSPS) is 26.6. The number of ether oxygens (including phenoxy) is 3. The van der Waals surface area contributed by atoms with Crippen molar-refractivity contribution in [3.8, 4) is 5.75 Å². The number of β-lactam (4-membered cyclic amide) rings is 1. The SMILES string of the molecule is COC1(NC(=O)COc2ccccc2)C(=O)N2CC(COC(C)=O)(C(=O)[O-])CS[C@@H]21.[Na+]. The number of carboxylic acids is 1. The van der Waals surface area contributed by atoms with Crippen LogP contribution >= 0.6 is 11.8 Å². The molecule has 2 heterocycles. The number of esters is 1. The standard InChI is InChI=1S/C19H22N2O8S.Na/c1-12(22)29-10-18(17(25)26)9-21-15(24)19(27-2,16(21)30-11-18)20-14(23)8-28-13-6-4-3-5-7-13;/h3-7,16H,8-11H2,1-2H3,(H,20,23)(H,25,26);/q;+1/p-1/t16-,18?,19?;/m1./s1. The van der Waals surface area contributed by atoms with Crippen LogP contribution in [0.2, 0.25) is 0 Å².